The van der Waals surface area contributed by atoms with Crippen LogP contribution >= 0.6 is 0 Å². The van der Waals surface area contributed by atoms with Crippen molar-refractivity contribution in [3.63, 3.8) is 0 Å². The number of rotatable bonds is 6. The van der Waals surface area contributed by atoms with Crippen molar-refractivity contribution in [1.29, 1.82) is 0 Å². The molecule has 0 N–H and O–H groups in total. The van der Waals surface area contributed by atoms with E-state index in [2.05, 4.69) is 0 Å². The van der Waals surface area contributed by atoms with Crippen LogP contribution in [0.4, 0.5) is 0 Å². The van der Waals surface area contributed by atoms with E-state index in [-0.39, 0.29) is 6.42 Å². The van der Waals surface area contributed by atoms with Gasteiger partial charge in [-0.1, -0.05) is 30.3 Å². The first kappa shape index (κ1) is 20.9. The SMILES string of the molecule is COC(=O)C[C@@]1(C(=O)OC(C(=O)OC)c2ccccc2)CCCC(C)(C)O1. The Hall–Kier alpha value is -2.41. The van der Waals surface area contributed by atoms with Crippen LogP contribution < -0.4 is 0 Å². The van der Waals surface area contributed by atoms with Gasteiger partial charge in [-0.05, 0) is 33.1 Å². The van der Waals surface area contributed by atoms with Gasteiger partial charge in [-0.2, -0.15) is 0 Å². The van der Waals surface area contributed by atoms with Crippen molar-refractivity contribution in [1.82, 2.24) is 0 Å². The Morgan fingerprint density at radius 1 is 1.07 bits per heavy atom. The highest BCUT2D eigenvalue weighted by atomic mass is 16.6. The summed E-state index contributed by atoms with van der Waals surface area (Å²) in [5.74, 6) is -2.07. The molecule has 0 aliphatic carbocycles. The minimum absolute atomic E-state index is 0.283. The standard InChI is InChI=1S/C20H26O7/c1-19(2)11-8-12-20(27-19,13-15(21)24-3)18(23)26-16(17(22)25-4)14-9-6-5-7-10-14/h5-7,9-10,16H,8,11-13H2,1-4H3/t16?,20-/m1/s1. The molecule has 2 rings (SSSR count). The van der Waals surface area contributed by atoms with Crippen molar-refractivity contribution >= 4 is 17.9 Å². The number of carbonyl (C=O) groups is 3. The fourth-order valence-corrected chi connectivity index (χ4v) is 3.28. The van der Waals surface area contributed by atoms with E-state index < -0.39 is 35.2 Å². The Kier molecular flexibility index (Phi) is 6.59. The molecule has 7 nitrogen and oxygen atoms in total. The summed E-state index contributed by atoms with van der Waals surface area (Å²) in [6.07, 6.45) is 0.184. The number of hydrogen-bond acceptors (Lipinski definition) is 7. The van der Waals surface area contributed by atoms with Crippen LogP contribution in [-0.2, 0) is 33.3 Å². The lowest BCUT2D eigenvalue weighted by Gasteiger charge is -2.43. The Bertz CT molecular complexity index is 683. The van der Waals surface area contributed by atoms with Gasteiger partial charge < -0.3 is 18.9 Å². The summed E-state index contributed by atoms with van der Waals surface area (Å²) in [4.78, 5) is 37.3. The minimum Gasteiger partial charge on any atom is -0.469 e. The van der Waals surface area contributed by atoms with Gasteiger partial charge in [0.05, 0.1) is 26.2 Å². The topological polar surface area (TPSA) is 88.1 Å². The zero-order chi connectivity index (χ0) is 20.1. The van der Waals surface area contributed by atoms with Crippen molar-refractivity contribution in [2.24, 2.45) is 0 Å². The molecule has 1 heterocycles. The van der Waals surface area contributed by atoms with Gasteiger partial charge in [0.15, 0.2) is 5.60 Å². The fourth-order valence-electron chi connectivity index (χ4n) is 3.28. The molecule has 0 saturated carbocycles. The Morgan fingerprint density at radius 3 is 2.30 bits per heavy atom. The van der Waals surface area contributed by atoms with E-state index in [1.807, 2.05) is 13.8 Å². The summed E-state index contributed by atoms with van der Waals surface area (Å²) in [5.41, 5.74) is -1.64. The lowest BCUT2D eigenvalue weighted by atomic mass is 9.84. The summed E-state index contributed by atoms with van der Waals surface area (Å²) >= 11 is 0. The van der Waals surface area contributed by atoms with Gasteiger partial charge in [-0.25, -0.2) is 9.59 Å². The quantitative estimate of drug-likeness (QED) is 0.555. The van der Waals surface area contributed by atoms with E-state index in [9.17, 15) is 14.4 Å². The van der Waals surface area contributed by atoms with Crippen molar-refractivity contribution in [2.45, 2.75) is 56.8 Å². The maximum absolute atomic E-state index is 13.1. The van der Waals surface area contributed by atoms with Crippen LogP contribution in [0, 0.1) is 0 Å². The third-order valence-corrected chi connectivity index (χ3v) is 4.60. The molecule has 2 atom stereocenters. The fraction of sp³-hybridized carbons (Fsp3) is 0.550. The molecule has 0 amide bonds. The molecule has 1 saturated heterocycles. The smallest absolute Gasteiger partial charge is 0.351 e. The number of esters is 3. The Labute approximate surface area is 158 Å². The van der Waals surface area contributed by atoms with Gasteiger partial charge in [0.2, 0.25) is 6.10 Å². The van der Waals surface area contributed by atoms with Gasteiger partial charge in [0.25, 0.3) is 0 Å². The molecule has 1 fully saturated rings. The third-order valence-electron chi connectivity index (χ3n) is 4.60. The Morgan fingerprint density at radius 2 is 1.74 bits per heavy atom. The lowest BCUT2D eigenvalue weighted by Crippen LogP contribution is -2.53. The number of carbonyl (C=O) groups excluding carboxylic acids is 3. The lowest BCUT2D eigenvalue weighted by molar-refractivity contribution is -0.217. The molecule has 0 aromatic heterocycles. The van der Waals surface area contributed by atoms with Crippen LogP contribution in [0.25, 0.3) is 0 Å². The summed E-state index contributed by atoms with van der Waals surface area (Å²) in [6, 6.07) is 8.55. The minimum atomic E-state index is -1.50. The van der Waals surface area contributed by atoms with E-state index in [1.54, 1.807) is 30.3 Å². The molecule has 1 aromatic carbocycles. The van der Waals surface area contributed by atoms with Crippen LogP contribution in [0.1, 0.15) is 51.2 Å². The van der Waals surface area contributed by atoms with Crippen LogP contribution in [0.3, 0.4) is 0 Å². The molecule has 1 aromatic rings. The number of ether oxygens (including phenoxy) is 4. The van der Waals surface area contributed by atoms with Crippen LogP contribution in [0.2, 0.25) is 0 Å². The molecule has 1 aliphatic heterocycles. The zero-order valence-electron chi connectivity index (χ0n) is 16.2. The van der Waals surface area contributed by atoms with Crippen LogP contribution in [0.15, 0.2) is 30.3 Å². The third kappa shape index (κ3) is 5.07. The zero-order valence-corrected chi connectivity index (χ0v) is 16.2. The molecule has 1 unspecified atom stereocenters. The summed E-state index contributed by atoms with van der Waals surface area (Å²) in [5, 5.41) is 0. The van der Waals surface area contributed by atoms with Gasteiger partial charge in [0, 0.05) is 5.56 Å². The van der Waals surface area contributed by atoms with Gasteiger partial charge in [-0.15, -0.1) is 0 Å². The first-order valence-corrected chi connectivity index (χ1v) is 8.84. The van der Waals surface area contributed by atoms with E-state index >= 15 is 0 Å². The van der Waals surface area contributed by atoms with Crippen molar-refractivity contribution in [2.75, 3.05) is 14.2 Å². The normalized spacial score (nSPS) is 22.4. The summed E-state index contributed by atoms with van der Waals surface area (Å²) in [6.45, 7) is 3.70. The van der Waals surface area contributed by atoms with E-state index in [0.29, 0.717) is 18.4 Å². The first-order valence-electron chi connectivity index (χ1n) is 8.84. The molecular formula is C20H26O7. The summed E-state index contributed by atoms with van der Waals surface area (Å²) in [7, 11) is 2.47. The van der Waals surface area contributed by atoms with Crippen LogP contribution in [-0.4, -0.2) is 43.3 Å². The maximum Gasteiger partial charge on any atom is 0.351 e. The van der Waals surface area contributed by atoms with E-state index in [0.717, 1.165) is 6.42 Å². The van der Waals surface area contributed by atoms with Gasteiger partial charge in [0.1, 0.15) is 0 Å². The second-order valence-corrected chi connectivity index (χ2v) is 7.18. The molecule has 0 spiro atoms. The molecule has 7 heteroatoms. The number of hydrogen-bond donors (Lipinski definition) is 0. The molecule has 27 heavy (non-hydrogen) atoms. The number of methoxy groups -OCH3 is 2. The van der Waals surface area contributed by atoms with Crippen molar-refractivity contribution in [3.8, 4) is 0 Å². The van der Waals surface area contributed by atoms with Crippen molar-refractivity contribution < 1.29 is 33.3 Å². The maximum atomic E-state index is 13.1. The highest BCUT2D eigenvalue weighted by Crippen LogP contribution is 2.39. The van der Waals surface area contributed by atoms with Crippen molar-refractivity contribution in [3.05, 3.63) is 35.9 Å². The monoisotopic (exact) mass is 378 g/mol. The molecule has 0 radical (unpaired) electrons. The van der Waals surface area contributed by atoms with E-state index in [4.69, 9.17) is 18.9 Å². The predicted molar refractivity (Wildman–Crippen MR) is 95.7 cm³/mol. The molecular weight excluding hydrogens is 352 g/mol. The van der Waals surface area contributed by atoms with Gasteiger partial charge in [-0.3, -0.25) is 4.79 Å². The average molecular weight is 378 g/mol. The highest BCUT2D eigenvalue weighted by molar-refractivity contribution is 5.88. The second kappa shape index (κ2) is 8.52. The van der Waals surface area contributed by atoms with Crippen LogP contribution in [0.5, 0.6) is 0 Å². The second-order valence-electron chi connectivity index (χ2n) is 7.18. The predicted octanol–water partition coefficient (Wildman–Crippen LogP) is 2.72. The average Bonchev–Trinajstić information content (AvgIpc) is 2.65. The first-order chi connectivity index (χ1) is 12.7. The largest absolute Gasteiger partial charge is 0.469 e. The summed E-state index contributed by atoms with van der Waals surface area (Å²) < 4.78 is 21.1. The molecule has 0 bridgehead atoms. The van der Waals surface area contributed by atoms with Gasteiger partial charge >= 0.3 is 17.9 Å². The number of benzene rings is 1. The molecule has 1 aliphatic rings. The van der Waals surface area contributed by atoms with E-state index in [1.165, 1.54) is 14.2 Å². The highest BCUT2D eigenvalue weighted by Gasteiger charge is 2.51. The molecule has 148 valence electrons. The Balaban J connectivity index is 2.33.